The molecule has 0 bridgehead atoms. The number of aliphatic imine (C=N–C) groups is 1. The fourth-order valence-corrected chi connectivity index (χ4v) is 4.53. The molecule has 0 aliphatic carbocycles. The third-order valence-corrected chi connectivity index (χ3v) is 6.11. The first kappa shape index (κ1) is 21.4. The third kappa shape index (κ3) is 4.34. The molecule has 0 N–H and O–H groups in total. The lowest BCUT2D eigenvalue weighted by molar-refractivity contribution is -0.141. The van der Waals surface area contributed by atoms with Crippen molar-refractivity contribution in [3.05, 3.63) is 41.1 Å². The van der Waals surface area contributed by atoms with Crippen molar-refractivity contribution >= 4 is 28.8 Å². The number of hydrogen-bond acceptors (Lipinski definition) is 6. The van der Waals surface area contributed by atoms with Gasteiger partial charge in [0.1, 0.15) is 5.75 Å². The largest absolute Gasteiger partial charge is 0.494 e. The molecule has 2 aliphatic rings. The van der Waals surface area contributed by atoms with Crippen LogP contribution >= 0.6 is 11.8 Å². The average Bonchev–Trinajstić information content (AvgIpc) is 3.01. The highest BCUT2D eigenvalue weighted by atomic mass is 32.2. The molecule has 2 aliphatic heterocycles. The highest BCUT2D eigenvalue weighted by Crippen LogP contribution is 2.44. The molecule has 0 unspecified atom stereocenters. The number of hydrogen-bond donors (Lipinski definition) is 0. The molecule has 1 aromatic carbocycles. The first-order valence-electron chi connectivity index (χ1n) is 10.1. The van der Waals surface area contributed by atoms with Crippen LogP contribution in [0.5, 0.6) is 5.75 Å². The normalized spacial score (nSPS) is 21.4. The minimum absolute atomic E-state index is 0.0169. The van der Waals surface area contributed by atoms with Crippen LogP contribution in [0.15, 0.2) is 40.5 Å². The summed E-state index contributed by atoms with van der Waals surface area (Å²) in [5.41, 5.74) is 1.85. The number of ether oxygens (including phenoxy) is 2. The number of carbonyl (C=O) groups is 2. The van der Waals surface area contributed by atoms with Gasteiger partial charge >= 0.3 is 5.97 Å². The standard InChI is InChI=1S/C22H28N2O4S/c1-6-17-20(25)24-19(15-8-10-16(11-9-15)27-7-2)18(14(5)23-22(24)29-17)21(26)28-12-13(3)4/h8-11,13,17,19H,6-7,12H2,1-5H3/t17-,19-/m0/s1. The monoisotopic (exact) mass is 416 g/mol. The van der Waals surface area contributed by atoms with Gasteiger partial charge in [0.2, 0.25) is 5.91 Å². The van der Waals surface area contributed by atoms with E-state index in [9.17, 15) is 9.59 Å². The van der Waals surface area contributed by atoms with Crippen LogP contribution in [0.4, 0.5) is 0 Å². The van der Waals surface area contributed by atoms with Gasteiger partial charge in [0.15, 0.2) is 5.17 Å². The molecule has 2 heterocycles. The summed E-state index contributed by atoms with van der Waals surface area (Å²) in [5.74, 6) is 0.534. The summed E-state index contributed by atoms with van der Waals surface area (Å²) in [6.07, 6.45) is 0.710. The Morgan fingerprint density at radius 3 is 2.52 bits per heavy atom. The number of esters is 1. The molecule has 29 heavy (non-hydrogen) atoms. The summed E-state index contributed by atoms with van der Waals surface area (Å²) in [5, 5.41) is 0.469. The molecular formula is C22H28N2O4S. The number of amides is 1. The molecule has 0 radical (unpaired) electrons. The van der Waals surface area contributed by atoms with E-state index in [1.54, 1.807) is 4.90 Å². The number of benzene rings is 1. The zero-order valence-electron chi connectivity index (χ0n) is 17.6. The quantitative estimate of drug-likeness (QED) is 0.619. The Morgan fingerprint density at radius 2 is 1.93 bits per heavy atom. The lowest BCUT2D eigenvalue weighted by atomic mass is 9.94. The average molecular weight is 417 g/mol. The topological polar surface area (TPSA) is 68.2 Å². The van der Waals surface area contributed by atoms with Crippen molar-refractivity contribution in [3.63, 3.8) is 0 Å². The van der Waals surface area contributed by atoms with E-state index in [1.165, 1.54) is 11.8 Å². The van der Waals surface area contributed by atoms with Crippen LogP contribution in [0, 0.1) is 5.92 Å². The molecule has 1 fully saturated rings. The van der Waals surface area contributed by atoms with Crippen molar-refractivity contribution in [1.29, 1.82) is 0 Å². The van der Waals surface area contributed by atoms with E-state index in [0.717, 1.165) is 11.3 Å². The molecule has 156 valence electrons. The second-order valence-corrected chi connectivity index (χ2v) is 8.68. The molecule has 1 aromatic rings. The second-order valence-electron chi connectivity index (χ2n) is 7.51. The van der Waals surface area contributed by atoms with Gasteiger partial charge in [0.05, 0.1) is 35.8 Å². The zero-order valence-corrected chi connectivity index (χ0v) is 18.4. The molecule has 0 saturated carbocycles. The SMILES string of the molecule is CCOc1ccc([C@H]2C(C(=O)OCC(C)C)=C(C)N=C3S[C@@H](CC)C(=O)N32)cc1. The van der Waals surface area contributed by atoms with Crippen molar-refractivity contribution in [2.45, 2.75) is 52.3 Å². The molecule has 6 nitrogen and oxygen atoms in total. The van der Waals surface area contributed by atoms with E-state index >= 15 is 0 Å². The Kier molecular flexibility index (Phi) is 6.67. The van der Waals surface area contributed by atoms with Gasteiger partial charge in [0, 0.05) is 0 Å². The molecule has 1 saturated heterocycles. The predicted molar refractivity (Wildman–Crippen MR) is 115 cm³/mol. The van der Waals surface area contributed by atoms with E-state index in [0.29, 0.717) is 36.1 Å². The van der Waals surface area contributed by atoms with Crippen molar-refractivity contribution in [1.82, 2.24) is 4.90 Å². The minimum Gasteiger partial charge on any atom is -0.494 e. The van der Waals surface area contributed by atoms with Gasteiger partial charge in [0.25, 0.3) is 0 Å². The van der Waals surface area contributed by atoms with Crippen molar-refractivity contribution < 1.29 is 19.1 Å². The number of nitrogens with zero attached hydrogens (tertiary/aromatic N) is 2. The van der Waals surface area contributed by atoms with Gasteiger partial charge in [-0.25, -0.2) is 9.79 Å². The van der Waals surface area contributed by atoms with Crippen LogP contribution in [0.2, 0.25) is 0 Å². The Bertz CT molecular complexity index is 845. The Labute approximate surface area is 176 Å². The summed E-state index contributed by atoms with van der Waals surface area (Å²) in [6.45, 7) is 10.6. The van der Waals surface area contributed by atoms with Crippen LogP contribution in [0.3, 0.4) is 0 Å². The maximum Gasteiger partial charge on any atom is 0.338 e. The summed E-state index contributed by atoms with van der Waals surface area (Å²) >= 11 is 1.46. The number of rotatable bonds is 7. The fraction of sp³-hybridized carbons (Fsp3) is 0.500. The smallest absolute Gasteiger partial charge is 0.338 e. The molecule has 7 heteroatoms. The summed E-state index contributed by atoms with van der Waals surface area (Å²) in [6, 6.07) is 6.98. The van der Waals surface area contributed by atoms with Gasteiger partial charge in [-0.2, -0.15) is 0 Å². The van der Waals surface area contributed by atoms with Gasteiger partial charge in [-0.15, -0.1) is 0 Å². The Balaban J connectivity index is 2.03. The van der Waals surface area contributed by atoms with E-state index in [1.807, 2.05) is 58.9 Å². The number of thioether (sulfide) groups is 1. The molecule has 0 spiro atoms. The summed E-state index contributed by atoms with van der Waals surface area (Å²) in [7, 11) is 0. The van der Waals surface area contributed by atoms with Gasteiger partial charge in [-0.05, 0) is 43.9 Å². The van der Waals surface area contributed by atoms with Crippen molar-refractivity contribution in [2.75, 3.05) is 13.2 Å². The van der Waals surface area contributed by atoms with Crippen molar-refractivity contribution in [3.8, 4) is 5.75 Å². The molecule has 3 rings (SSSR count). The first-order chi connectivity index (χ1) is 13.9. The molecule has 1 amide bonds. The van der Waals surface area contributed by atoms with Crippen LogP contribution < -0.4 is 4.74 Å². The molecule has 2 atom stereocenters. The summed E-state index contributed by atoms with van der Waals surface area (Å²) < 4.78 is 11.1. The summed E-state index contributed by atoms with van der Waals surface area (Å²) in [4.78, 5) is 32.3. The Morgan fingerprint density at radius 1 is 1.24 bits per heavy atom. The number of fused-ring (bicyclic) bond motifs is 1. The number of allylic oxidation sites excluding steroid dienone is 1. The highest BCUT2D eigenvalue weighted by molar-refractivity contribution is 8.15. The maximum atomic E-state index is 13.1. The highest BCUT2D eigenvalue weighted by Gasteiger charge is 2.47. The van der Waals surface area contributed by atoms with E-state index in [2.05, 4.69) is 4.99 Å². The molecule has 0 aromatic heterocycles. The van der Waals surface area contributed by atoms with Gasteiger partial charge in [-0.1, -0.05) is 44.7 Å². The lowest BCUT2D eigenvalue weighted by Crippen LogP contribution is -2.40. The van der Waals surface area contributed by atoms with Crippen molar-refractivity contribution in [2.24, 2.45) is 10.9 Å². The fourth-order valence-electron chi connectivity index (χ4n) is 3.40. The Hall–Kier alpha value is -2.28. The maximum absolute atomic E-state index is 13.1. The number of carbonyl (C=O) groups excluding carboxylic acids is 2. The lowest BCUT2D eigenvalue weighted by Gasteiger charge is -2.33. The zero-order chi connectivity index (χ0) is 21.1. The van der Waals surface area contributed by atoms with Crippen LogP contribution in [-0.4, -0.2) is 40.4 Å². The van der Waals surface area contributed by atoms with E-state index in [-0.39, 0.29) is 17.1 Å². The van der Waals surface area contributed by atoms with Gasteiger partial charge in [-0.3, -0.25) is 9.69 Å². The minimum atomic E-state index is -0.547. The number of amidine groups is 1. The van der Waals surface area contributed by atoms with Crippen LogP contribution in [-0.2, 0) is 14.3 Å². The predicted octanol–water partition coefficient (Wildman–Crippen LogP) is 4.32. The van der Waals surface area contributed by atoms with E-state index < -0.39 is 12.0 Å². The molecular weight excluding hydrogens is 388 g/mol. The second kappa shape index (κ2) is 9.03. The van der Waals surface area contributed by atoms with Crippen LogP contribution in [0.25, 0.3) is 0 Å². The first-order valence-corrected chi connectivity index (χ1v) is 10.9. The third-order valence-electron chi connectivity index (χ3n) is 4.80. The van der Waals surface area contributed by atoms with Gasteiger partial charge < -0.3 is 9.47 Å². The van der Waals surface area contributed by atoms with Crippen LogP contribution in [0.1, 0.15) is 52.6 Å². The van der Waals surface area contributed by atoms with E-state index in [4.69, 9.17) is 9.47 Å².